The lowest BCUT2D eigenvalue weighted by molar-refractivity contribution is 0.396. The van der Waals surface area contributed by atoms with Crippen LogP contribution in [-0.2, 0) is 6.54 Å². The lowest BCUT2D eigenvalue weighted by Crippen LogP contribution is -2.18. The predicted molar refractivity (Wildman–Crippen MR) is 82.5 cm³/mol. The van der Waals surface area contributed by atoms with E-state index in [0.717, 1.165) is 17.2 Å². The third kappa shape index (κ3) is 2.41. The second-order valence-corrected chi connectivity index (χ2v) is 6.00. The van der Waals surface area contributed by atoms with Crippen LogP contribution in [0.15, 0.2) is 33.1 Å². The van der Waals surface area contributed by atoms with Crippen molar-refractivity contribution in [3.63, 3.8) is 0 Å². The Hall–Kier alpha value is -2.14. The SMILES string of the molecule is Cc1c(C(C)NCc2nnc(C3CC3)o2)oc2ccccc12. The minimum Gasteiger partial charge on any atom is -0.459 e. The van der Waals surface area contributed by atoms with Crippen molar-refractivity contribution >= 4 is 11.0 Å². The number of nitrogens with zero attached hydrogens (tertiary/aromatic N) is 2. The molecule has 1 saturated carbocycles. The summed E-state index contributed by atoms with van der Waals surface area (Å²) in [5, 5.41) is 12.8. The van der Waals surface area contributed by atoms with E-state index in [1.165, 1.54) is 23.8 Å². The van der Waals surface area contributed by atoms with E-state index in [9.17, 15) is 0 Å². The highest BCUT2D eigenvalue weighted by Gasteiger charge is 2.29. The summed E-state index contributed by atoms with van der Waals surface area (Å²) in [6.45, 7) is 4.73. The zero-order chi connectivity index (χ0) is 15.1. The first-order valence-corrected chi connectivity index (χ1v) is 7.76. The first-order valence-electron chi connectivity index (χ1n) is 7.76. The van der Waals surface area contributed by atoms with Crippen LogP contribution in [0.3, 0.4) is 0 Å². The van der Waals surface area contributed by atoms with E-state index in [1.54, 1.807) is 0 Å². The minimum atomic E-state index is 0.0867. The fraction of sp³-hybridized carbons (Fsp3) is 0.412. The molecule has 22 heavy (non-hydrogen) atoms. The minimum absolute atomic E-state index is 0.0867. The lowest BCUT2D eigenvalue weighted by atomic mass is 10.1. The van der Waals surface area contributed by atoms with Gasteiger partial charge in [-0.05, 0) is 38.3 Å². The number of furan rings is 1. The molecule has 1 aromatic carbocycles. The van der Waals surface area contributed by atoms with Crippen molar-refractivity contribution < 1.29 is 8.83 Å². The van der Waals surface area contributed by atoms with Gasteiger partial charge in [-0.3, -0.25) is 5.32 Å². The van der Waals surface area contributed by atoms with Gasteiger partial charge >= 0.3 is 0 Å². The summed E-state index contributed by atoms with van der Waals surface area (Å²) in [4.78, 5) is 0. The van der Waals surface area contributed by atoms with E-state index in [1.807, 2.05) is 18.2 Å². The third-order valence-corrected chi connectivity index (χ3v) is 4.24. The first-order chi connectivity index (χ1) is 10.7. The van der Waals surface area contributed by atoms with Crippen LogP contribution in [-0.4, -0.2) is 10.2 Å². The molecule has 0 amide bonds. The molecule has 1 N–H and O–H groups in total. The summed E-state index contributed by atoms with van der Waals surface area (Å²) in [6.07, 6.45) is 2.34. The molecular formula is C17H19N3O2. The number of hydrogen-bond acceptors (Lipinski definition) is 5. The van der Waals surface area contributed by atoms with Crippen LogP contribution < -0.4 is 5.32 Å². The largest absolute Gasteiger partial charge is 0.459 e. The van der Waals surface area contributed by atoms with Crippen molar-refractivity contribution in [1.82, 2.24) is 15.5 Å². The lowest BCUT2D eigenvalue weighted by Gasteiger charge is -2.10. The fourth-order valence-electron chi connectivity index (χ4n) is 2.77. The third-order valence-electron chi connectivity index (χ3n) is 4.24. The Morgan fingerprint density at radius 3 is 2.82 bits per heavy atom. The van der Waals surface area contributed by atoms with Crippen LogP contribution in [0.2, 0.25) is 0 Å². The van der Waals surface area contributed by atoms with Crippen molar-refractivity contribution in [2.45, 2.75) is 45.2 Å². The molecule has 1 aliphatic carbocycles. The Morgan fingerprint density at radius 1 is 1.23 bits per heavy atom. The Morgan fingerprint density at radius 2 is 2.05 bits per heavy atom. The van der Waals surface area contributed by atoms with Gasteiger partial charge in [0.25, 0.3) is 0 Å². The summed E-state index contributed by atoms with van der Waals surface area (Å²) in [7, 11) is 0. The van der Waals surface area contributed by atoms with Gasteiger partial charge in [0.1, 0.15) is 11.3 Å². The molecule has 0 radical (unpaired) electrons. The molecule has 4 rings (SSSR count). The molecule has 1 aliphatic rings. The average Bonchev–Trinajstić information content (AvgIpc) is 3.19. The molecule has 1 fully saturated rings. The number of para-hydroxylation sites is 1. The Labute approximate surface area is 128 Å². The van der Waals surface area contributed by atoms with E-state index in [4.69, 9.17) is 8.83 Å². The van der Waals surface area contributed by atoms with Gasteiger partial charge < -0.3 is 8.83 Å². The molecule has 2 aromatic heterocycles. The molecular weight excluding hydrogens is 278 g/mol. The van der Waals surface area contributed by atoms with E-state index >= 15 is 0 Å². The van der Waals surface area contributed by atoms with E-state index in [-0.39, 0.29) is 6.04 Å². The number of nitrogens with one attached hydrogen (secondary N) is 1. The Balaban J connectivity index is 1.48. The van der Waals surface area contributed by atoms with E-state index < -0.39 is 0 Å². The summed E-state index contributed by atoms with van der Waals surface area (Å²) in [5.74, 6) is 2.88. The first kappa shape index (κ1) is 13.5. The number of aromatic nitrogens is 2. The molecule has 2 heterocycles. The normalized spacial score (nSPS) is 16.3. The zero-order valence-electron chi connectivity index (χ0n) is 12.8. The van der Waals surface area contributed by atoms with E-state index in [0.29, 0.717) is 18.4 Å². The van der Waals surface area contributed by atoms with Crippen LogP contribution in [0.1, 0.15) is 54.8 Å². The van der Waals surface area contributed by atoms with Gasteiger partial charge in [0.05, 0.1) is 12.6 Å². The zero-order valence-corrected chi connectivity index (χ0v) is 12.8. The van der Waals surface area contributed by atoms with Crippen molar-refractivity contribution in [2.24, 2.45) is 0 Å². The van der Waals surface area contributed by atoms with Crippen LogP contribution in [0.4, 0.5) is 0 Å². The van der Waals surface area contributed by atoms with Gasteiger partial charge in [-0.15, -0.1) is 10.2 Å². The topological polar surface area (TPSA) is 64.1 Å². The molecule has 1 atom stereocenters. The second kappa shape index (κ2) is 5.25. The number of aryl methyl sites for hydroxylation is 1. The average molecular weight is 297 g/mol. The summed E-state index contributed by atoms with van der Waals surface area (Å²) < 4.78 is 11.6. The maximum atomic E-state index is 5.97. The monoisotopic (exact) mass is 297 g/mol. The summed E-state index contributed by atoms with van der Waals surface area (Å²) in [6, 6.07) is 8.20. The van der Waals surface area contributed by atoms with Crippen molar-refractivity contribution in [1.29, 1.82) is 0 Å². The molecule has 5 heteroatoms. The van der Waals surface area contributed by atoms with Gasteiger partial charge in [0, 0.05) is 11.3 Å². The number of fused-ring (bicyclic) bond motifs is 1. The molecule has 1 unspecified atom stereocenters. The smallest absolute Gasteiger partial charge is 0.230 e. The standard InChI is InChI=1S/C17H19N3O2/c1-10-13-5-3-4-6-14(13)21-16(10)11(2)18-9-15-19-20-17(22-15)12-7-8-12/h3-6,11-12,18H,7-9H2,1-2H3. The molecule has 5 nitrogen and oxygen atoms in total. The van der Waals surface area contributed by atoms with Gasteiger partial charge in [-0.2, -0.15) is 0 Å². The highest BCUT2D eigenvalue weighted by molar-refractivity contribution is 5.82. The maximum absolute atomic E-state index is 5.97. The number of hydrogen-bond donors (Lipinski definition) is 1. The summed E-state index contributed by atoms with van der Waals surface area (Å²) in [5.41, 5.74) is 2.11. The Bertz CT molecular complexity index is 801. The van der Waals surface area contributed by atoms with Crippen molar-refractivity contribution in [2.75, 3.05) is 0 Å². The van der Waals surface area contributed by atoms with Gasteiger partial charge in [-0.25, -0.2) is 0 Å². The second-order valence-electron chi connectivity index (χ2n) is 6.00. The van der Waals surface area contributed by atoms with Gasteiger partial charge in [0.15, 0.2) is 0 Å². The van der Waals surface area contributed by atoms with Crippen LogP contribution >= 0.6 is 0 Å². The van der Waals surface area contributed by atoms with Crippen LogP contribution in [0.5, 0.6) is 0 Å². The predicted octanol–water partition coefficient (Wildman–Crippen LogP) is 3.85. The van der Waals surface area contributed by atoms with Gasteiger partial charge in [-0.1, -0.05) is 18.2 Å². The molecule has 114 valence electrons. The maximum Gasteiger partial charge on any atom is 0.230 e. The van der Waals surface area contributed by atoms with Crippen molar-refractivity contribution in [3.05, 3.63) is 47.4 Å². The quantitative estimate of drug-likeness (QED) is 0.775. The number of benzene rings is 1. The van der Waals surface area contributed by atoms with Crippen LogP contribution in [0, 0.1) is 6.92 Å². The summed E-state index contributed by atoms with van der Waals surface area (Å²) >= 11 is 0. The molecule has 0 aliphatic heterocycles. The highest BCUT2D eigenvalue weighted by Crippen LogP contribution is 2.39. The Kier molecular flexibility index (Phi) is 3.22. The van der Waals surface area contributed by atoms with Crippen molar-refractivity contribution in [3.8, 4) is 0 Å². The fourth-order valence-corrected chi connectivity index (χ4v) is 2.77. The molecule has 3 aromatic rings. The van der Waals surface area contributed by atoms with Crippen LogP contribution in [0.25, 0.3) is 11.0 Å². The van der Waals surface area contributed by atoms with Gasteiger partial charge in [0.2, 0.25) is 11.8 Å². The van der Waals surface area contributed by atoms with E-state index in [2.05, 4.69) is 35.4 Å². The molecule has 0 spiro atoms. The molecule has 0 saturated heterocycles. The molecule has 0 bridgehead atoms. The number of rotatable bonds is 5. The highest BCUT2D eigenvalue weighted by atomic mass is 16.4.